The van der Waals surface area contributed by atoms with Crippen LogP contribution >= 0.6 is 0 Å². The van der Waals surface area contributed by atoms with Gasteiger partial charge in [-0.1, -0.05) is 24.3 Å². The van der Waals surface area contributed by atoms with Crippen molar-refractivity contribution >= 4 is 22.6 Å². The first kappa shape index (κ1) is 14.7. The van der Waals surface area contributed by atoms with Crippen LogP contribution in [0.25, 0.3) is 16.7 Å². The highest BCUT2D eigenvalue weighted by Crippen LogP contribution is 2.22. The zero-order valence-corrected chi connectivity index (χ0v) is 13.4. The molecule has 1 N–H and O–H groups in total. The summed E-state index contributed by atoms with van der Waals surface area (Å²) in [6.45, 7) is 0. The summed E-state index contributed by atoms with van der Waals surface area (Å²) in [5, 5.41) is 3.02. The fourth-order valence-corrected chi connectivity index (χ4v) is 3.15. The zero-order valence-electron chi connectivity index (χ0n) is 13.4. The van der Waals surface area contributed by atoms with Crippen LogP contribution in [0.5, 0.6) is 0 Å². The quantitative estimate of drug-likeness (QED) is 0.731. The smallest absolute Gasteiger partial charge is 0.227 e. The SMILES string of the molecule is O=C(Nc1ccc(-n2cnc3ccccc32)cc1)[C@H]1CC=CCC1. The number of nitrogens with one attached hydrogen (secondary N) is 1. The molecule has 0 saturated carbocycles. The van der Waals surface area contributed by atoms with Gasteiger partial charge in [-0.3, -0.25) is 9.36 Å². The largest absolute Gasteiger partial charge is 0.326 e. The van der Waals surface area contributed by atoms with Crippen molar-refractivity contribution in [2.45, 2.75) is 19.3 Å². The summed E-state index contributed by atoms with van der Waals surface area (Å²) >= 11 is 0. The fourth-order valence-electron chi connectivity index (χ4n) is 3.15. The molecule has 4 heteroatoms. The molecule has 0 spiro atoms. The van der Waals surface area contributed by atoms with Gasteiger partial charge in [0.2, 0.25) is 5.91 Å². The van der Waals surface area contributed by atoms with Crippen LogP contribution in [0.1, 0.15) is 19.3 Å². The molecule has 1 heterocycles. The number of hydrogen-bond donors (Lipinski definition) is 1. The van der Waals surface area contributed by atoms with E-state index in [0.29, 0.717) is 0 Å². The molecule has 0 unspecified atom stereocenters. The number of carbonyl (C=O) groups excluding carboxylic acids is 1. The molecule has 120 valence electrons. The molecule has 0 aliphatic heterocycles. The van der Waals surface area contributed by atoms with E-state index in [2.05, 4.69) is 28.5 Å². The third kappa shape index (κ3) is 2.83. The van der Waals surface area contributed by atoms with E-state index >= 15 is 0 Å². The van der Waals surface area contributed by atoms with Crippen molar-refractivity contribution in [3.05, 3.63) is 67.0 Å². The lowest BCUT2D eigenvalue weighted by Gasteiger charge is -2.17. The maximum atomic E-state index is 12.3. The van der Waals surface area contributed by atoms with E-state index in [1.54, 1.807) is 0 Å². The second-order valence-corrected chi connectivity index (χ2v) is 6.12. The maximum absolute atomic E-state index is 12.3. The number of hydrogen-bond acceptors (Lipinski definition) is 2. The first-order valence-corrected chi connectivity index (χ1v) is 8.30. The molecular weight excluding hydrogens is 298 g/mol. The van der Waals surface area contributed by atoms with E-state index < -0.39 is 0 Å². The van der Waals surface area contributed by atoms with Crippen LogP contribution in [-0.2, 0) is 4.79 Å². The van der Waals surface area contributed by atoms with Gasteiger partial charge in [0, 0.05) is 17.3 Å². The highest BCUT2D eigenvalue weighted by atomic mass is 16.1. The van der Waals surface area contributed by atoms with Crippen molar-refractivity contribution < 1.29 is 4.79 Å². The fraction of sp³-hybridized carbons (Fsp3) is 0.200. The minimum absolute atomic E-state index is 0.0901. The molecule has 1 aliphatic carbocycles. The Morgan fingerprint density at radius 3 is 2.71 bits per heavy atom. The molecule has 0 saturated heterocycles. The third-order valence-corrected chi connectivity index (χ3v) is 4.51. The first-order chi connectivity index (χ1) is 11.8. The number of rotatable bonds is 3. The summed E-state index contributed by atoms with van der Waals surface area (Å²) in [7, 11) is 0. The Hall–Kier alpha value is -2.88. The second kappa shape index (κ2) is 6.32. The number of benzene rings is 2. The lowest BCUT2D eigenvalue weighted by Crippen LogP contribution is -2.23. The van der Waals surface area contributed by atoms with Crippen molar-refractivity contribution in [2.24, 2.45) is 5.92 Å². The highest BCUT2D eigenvalue weighted by molar-refractivity contribution is 5.92. The van der Waals surface area contributed by atoms with Gasteiger partial charge in [-0.15, -0.1) is 0 Å². The summed E-state index contributed by atoms with van der Waals surface area (Å²) in [6, 6.07) is 15.9. The topological polar surface area (TPSA) is 46.9 Å². The molecule has 4 rings (SSSR count). The third-order valence-electron chi connectivity index (χ3n) is 4.51. The van der Waals surface area contributed by atoms with Crippen LogP contribution in [0, 0.1) is 5.92 Å². The molecule has 2 aromatic carbocycles. The molecule has 0 bridgehead atoms. The molecule has 0 fully saturated rings. The minimum Gasteiger partial charge on any atom is -0.326 e. The summed E-state index contributed by atoms with van der Waals surface area (Å²) in [6.07, 6.45) is 8.83. The van der Waals surface area contributed by atoms with E-state index in [-0.39, 0.29) is 11.8 Å². The Bertz CT molecular complexity index is 893. The van der Waals surface area contributed by atoms with E-state index in [1.165, 1.54) is 0 Å². The first-order valence-electron chi connectivity index (χ1n) is 8.30. The number of fused-ring (bicyclic) bond motifs is 1. The Balaban J connectivity index is 1.52. The van der Waals surface area contributed by atoms with Gasteiger partial charge in [-0.2, -0.15) is 0 Å². The number of para-hydroxylation sites is 2. The number of aromatic nitrogens is 2. The van der Waals surface area contributed by atoms with Crippen LogP contribution in [0.3, 0.4) is 0 Å². The van der Waals surface area contributed by atoms with Crippen LogP contribution in [0.4, 0.5) is 5.69 Å². The molecule has 24 heavy (non-hydrogen) atoms. The number of amides is 1. The lowest BCUT2D eigenvalue weighted by atomic mass is 9.93. The number of nitrogens with zero attached hydrogens (tertiary/aromatic N) is 2. The molecule has 1 aromatic heterocycles. The monoisotopic (exact) mass is 317 g/mol. The lowest BCUT2D eigenvalue weighted by molar-refractivity contribution is -0.120. The van der Waals surface area contributed by atoms with Gasteiger partial charge in [0.1, 0.15) is 6.33 Å². The summed E-state index contributed by atoms with van der Waals surface area (Å²) in [4.78, 5) is 16.7. The molecule has 4 nitrogen and oxygen atoms in total. The van der Waals surface area contributed by atoms with Crippen molar-refractivity contribution in [1.82, 2.24) is 9.55 Å². The van der Waals surface area contributed by atoms with Crippen molar-refractivity contribution in [3.63, 3.8) is 0 Å². The normalized spacial score (nSPS) is 17.1. The van der Waals surface area contributed by atoms with Crippen LogP contribution < -0.4 is 5.32 Å². The number of anilines is 1. The predicted molar refractivity (Wildman–Crippen MR) is 96.2 cm³/mol. The van der Waals surface area contributed by atoms with Crippen LogP contribution in [0.2, 0.25) is 0 Å². The number of carbonyl (C=O) groups is 1. The second-order valence-electron chi connectivity index (χ2n) is 6.12. The van der Waals surface area contributed by atoms with Gasteiger partial charge in [0.05, 0.1) is 11.0 Å². The Labute approximate surface area is 140 Å². The van der Waals surface area contributed by atoms with Crippen LogP contribution in [-0.4, -0.2) is 15.5 Å². The molecular formula is C20H19N3O. The van der Waals surface area contributed by atoms with E-state index in [9.17, 15) is 4.79 Å². The summed E-state index contributed by atoms with van der Waals surface area (Å²) in [5.41, 5.74) is 3.91. The van der Waals surface area contributed by atoms with Gasteiger partial charge in [-0.25, -0.2) is 4.98 Å². The molecule has 1 amide bonds. The Morgan fingerprint density at radius 1 is 1.08 bits per heavy atom. The molecule has 0 radical (unpaired) electrons. The van der Waals surface area contributed by atoms with Gasteiger partial charge in [-0.05, 0) is 55.7 Å². The van der Waals surface area contributed by atoms with Crippen molar-refractivity contribution in [3.8, 4) is 5.69 Å². The van der Waals surface area contributed by atoms with Crippen molar-refractivity contribution in [2.75, 3.05) is 5.32 Å². The number of allylic oxidation sites excluding steroid dienone is 2. The highest BCUT2D eigenvalue weighted by Gasteiger charge is 2.18. The van der Waals surface area contributed by atoms with Crippen molar-refractivity contribution in [1.29, 1.82) is 0 Å². The van der Waals surface area contributed by atoms with E-state index in [1.807, 2.05) is 53.4 Å². The molecule has 1 atom stereocenters. The van der Waals surface area contributed by atoms with Gasteiger partial charge >= 0.3 is 0 Å². The average molecular weight is 317 g/mol. The molecule has 1 aliphatic rings. The predicted octanol–water partition coefficient (Wildman–Crippen LogP) is 4.32. The minimum atomic E-state index is 0.0901. The summed E-state index contributed by atoms with van der Waals surface area (Å²) in [5.74, 6) is 0.201. The van der Waals surface area contributed by atoms with E-state index in [0.717, 1.165) is 41.7 Å². The Kier molecular flexibility index (Phi) is 3.87. The van der Waals surface area contributed by atoms with Gasteiger partial charge < -0.3 is 5.32 Å². The number of imidazole rings is 1. The Morgan fingerprint density at radius 2 is 1.92 bits per heavy atom. The van der Waals surface area contributed by atoms with Gasteiger partial charge in [0.15, 0.2) is 0 Å². The standard InChI is InChI=1S/C20H19N3O/c24-20(15-6-2-1-3-7-15)22-16-10-12-17(13-11-16)23-14-21-18-8-4-5-9-19(18)23/h1-2,4-5,8-15H,3,6-7H2,(H,22,24)/t15-/m0/s1. The molecule has 3 aromatic rings. The summed E-state index contributed by atoms with van der Waals surface area (Å²) < 4.78 is 2.05. The van der Waals surface area contributed by atoms with Gasteiger partial charge in [0.25, 0.3) is 0 Å². The van der Waals surface area contributed by atoms with Crippen LogP contribution in [0.15, 0.2) is 67.0 Å². The maximum Gasteiger partial charge on any atom is 0.227 e. The van der Waals surface area contributed by atoms with E-state index in [4.69, 9.17) is 0 Å². The average Bonchev–Trinajstić information content (AvgIpc) is 3.07. The zero-order chi connectivity index (χ0) is 16.4.